The number of rotatable bonds is 3. The summed E-state index contributed by atoms with van der Waals surface area (Å²) in [5.41, 5.74) is 3.40. The maximum atomic E-state index is 13.6. The molecule has 1 aromatic heterocycles. The first kappa shape index (κ1) is 19.0. The molecule has 0 atom stereocenters. The van der Waals surface area contributed by atoms with E-state index in [9.17, 15) is 13.2 Å². The van der Waals surface area contributed by atoms with E-state index in [0.717, 1.165) is 28.3 Å². The van der Waals surface area contributed by atoms with E-state index in [-0.39, 0.29) is 5.52 Å². The van der Waals surface area contributed by atoms with Crippen molar-refractivity contribution in [3.05, 3.63) is 84.1 Å². The minimum absolute atomic E-state index is 0.0600. The third-order valence-corrected chi connectivity index (χ3v) is 5.00. The molecule has 0 fully saturated rings. The van der Waals surface area contributed by atoms with Crippen molar-refractivity contribution in [2.45, 2.75) is 13.1 Å². The first-order valence-corrected chi connectivity index (χ1v) is 9.09. The van der Waals surface area contributed by atoms with E-state index in [2.05, 4.69) is 4.98 Å². The number of nitrogens with zero attached hydrogens (tertiary/aromatic N) is 1. The van der Waals surface area contributed by atoms with Gasteiger partial charge >= 0.3 is 6.18 Å². The number of hydrogen-bond donors (Lipinski definition) is 0. The van der Waals surface area contributed by atoms with Crippen LogP contribution in [0.1, 0.15) is 11.1 Å². The van der Waals surface area contributed by atoms with Gasteiger partial charge in [0, 0.05) is 22.7 Å². The highest BCUT2D eigenvalue weighted by Gasteiger charge is 2.33. The normalized spacial score (nSPS) is 11.6. The van der Waals surface area contributed by atoms with Gasteiger partial charge in [-0.2, -0.15) is 13.2 Å². The van der Waals surface area contributed by atoms with Crippen LogP contribution in [0.25, 0.3) is 33.2 Å². The summed E-state index contributed by atoms with van der Waals surface area (Å²) in [5.74, 6) is 0.634. The Balaban J connectivity index is 2.13. The minimum Gasteiger partial charge on any atom is -0.497 e. The van der Waals surface area contributed by atoms with Crippen LogP contribution in [0.4, 0.5) is 13.2 Å². The predicted octanol–water partition coefficient (Wildman–Crippen LogP) is 6.90. The number of pyridine rings is 1. The zero-order valence-electron chi connectivity index (χ0n) is 15.9. The van der Waals surface area contributed by atoms with Crippen LogP contribution < -0.4 is 4.74 Å². The average molecular weight is 393 g/mol. The molecule has 2 nitrogen and oxygen atoms in total. The maximum absolute atomic E-state index is 13.6. The smallest absolute Gasteiger partial charge is 0.418 e. The Bertz CT molecular complexity index is 1200. The van der Waals surface area contributed by atoms with E-state index in [1.165, 1.54) is 12.3 Å². The molecule has 0 saturated carbocycles. The van der Waals surface area contributed by atoms with E-state index in [1.807, 2.05) is 55.5 Å². The van der Waals surface area contributed by atoms with E-state index in [1.54, 1.807) is 13.2 Å². The topological polar surface area (TPSA) is 22.1 Å². The summed E-state index contributed by atoms with van der Waals surface area (Å²) in [5, 5.41) is 0.453. The molecule has 146 valence electrons. The van der Waals surface area contributed by atoms with Gasteiger partial charge in [-0.1, -0.05) is 48.5 Å². The molecule has 0 aliphatic heterocycles. The fraction of sp³-hybridized carbons (Fsp3) is 0.125. The zero-order chi connectivity index (χ0) is 20.6. The van der Waals surface area contributed by atoms with Crippen molar-refractivity contribution in [2.75, 3.05) is 7.11 Å². The fourth-order valence-electron chi connectivity index (χ4n) is 3.62. The number of alkyl halides is 3. The maximum Gasteiger partial charge on any atom is 0.418 e. The quantitative estimate of drug-likeness (QED) is 0.377. The molecule has 3 aromatic carbocycles. The molecule has 0 spiro atoms. The molecule has 1 heterocycles. The Hall–Kier alpha value is -3.34. The summed E-state index contributed by atoms with van der Waals surface area (Å²) in [6.07, 6.45) is -2.95. The molecule has 0 aliphatic carbocycles. The minimum atomic E-state index is -4.48. The zero-order valence-corrected chi connectivity index (χ0v) is 15.9. The van der Waals surface area contributed by atoms with Gasteiger partial charge in [-0.05, 0) is 41.8 Å². The molecule has 0 saturated heterocycles. The van der Waals surface area contributed by atoms with E-state index < -0.39 is 11.7 Å². The van der Waals surface area contributed by atoms with Gasteiger partial charge in [-0.15, -0.1) is 0 Å². The number of ether oxygens (including phenoxy) is 1. The summed E-state index contributed by atoms with van der Waals surface area (Å²) in [7, 11) is 1.56. The summed E-state index contributed by atoms with van der Waals surface area (Å²) in [6.45, 7) is 1.97. The molecule has 0 radical (unpaired) electrons. The molecule has 0 aliphatic rings. The largest absolute Gasteiger partial charge is 0.497 e. The number of aromatic nitrogens is 1. The molecular weight excluding hydrogens is 375 g/mol. The van der Waals surface area contributed by atoms with Gasteiger partial charge in [0.1, 0.15) is 5.75 Å². The second-order valence-corrected chi connectivity index (χ2v) is 6.79. The summed E-state index contributed by atoms with van der Waals surface area (Å²) < 4.78 is 46.1. The lowest BCUT2D eigenvalue weighted by molar-refractivity contribution is -0.136. The van der Waals surface area contributed by atoms with Crippen molar-refractivity contribution in [2.24, 2.45) is 0 Å². The molecule has 29 heavy (non-hydrogen) atoms. The Labute approximate surface area is 166 Å². The Morgan fingerprint density at radius 2 is 1.62 bits per heavy atom. The van der Waals surface area contributed by atoms with Crippen molar-refractivity contribution in [3.8, 4) is 28.0 Å². The Morgan fingerprint density at radius 1 is 0.862 bits per heavy atom. The van der Waals surface area contributed by atoms with Crippen molar-refractivity contribution in [3.63, 3.8) is 0 Å². The number of para-hydroxylation sites is 1. The third kappa shape index (κ3) is 3.44. The highest BCUT2D eigenvalue weighted by molar-refractivity contribution is 6.03. The van der Waals surface area contributed by atoms with Crippen LogP contribution >= 0.6 is 0 Å². The number of fused-ring (bicyclic) bond motifs is 1. The molecule has 0 amide bonds. The lowest BCUT2D eigenvalue weighted by atomic mass is 9.90. The number of halogens is 3. The Morgan fingerprint density at radius 3 is 2.34 bits per heavy atom. The molecule has 4 rings (SSSR count). The monoisotopic (exact) mass is 393 g/mol. The second kappa shape index (κ2) is 7.24. The molecule has 0 unspecified atom stereocenters. The van der Waals surface area contributed by atoms with Crippen LogP contribution in [-0.2, 0) is 6.18 Å². The van der Waals surface area contributed by atoms with Gasteiger partial charge in [0.15, 0.2) is 0 Å². The van der Waals surface area contributed by atoms with Crippen LogP contribution in [0.2, 0.25) is 0 Å². The first-order chi connectivity index (χ1) is 13.9. The molecule has 5 heteroatoms. The van der Waals surface area contributed by atoms with E-state index in [4.69, 9.17) is 4.74 Å². The third-order valence-electron chi connectivity index (χ3n) is 5.00. The second-order valence-electron chi connectivity index (χ2n) is 6.79. The van der Waals surface area contributed by atoms with E-state index >= 15 is 0 Å². The van der Waals surface area contributed by atoms with Gasteiger partial charge in [-0.25, -0.2) is 0 Å². The molecule has 0 N–H and O–H groups in total. The van der Waals surface area contributed by atoms with Gasteiger partial charge in [0.25, 0.3) is 0 Å². The molecule has 4 aromatic rings. The summed E-state index contributed by atoms with van der Waals surface area (Å²) in [4.78, 5) is 4.24. The Kier molecular flexibility index (Phi) is 4.74. The standard InChI is InChI=1S/C24H18F3NO/c1-15-7-3-4-10-18(15)20-14-28-23-19(11-6-12-21(23)24(25,26)27)22(20)16-8-5-9-17(13-16)29-2/h3-14H,1-2H3. The average Bonchev–Trinajstić information content (AvgIpc) is 2.72. The SMILES string of the molecule is COc1cccc(-c2c(-c3ccccc3C)cnc3c(C(F)(F)F)cccc23)c1. The van der Waals surface area contributed by atoms with Crippen LogP contribution in [0.15, 0.2) is 72.9 Å². The van der Waals surface area contributed by atoms with Crippen LogP contribution in [0, 0.1) is 6.92 Å². The van der Waals surface area contributed by atoms with Gasteiger partial charge < -0.3 is 4.74 Å². The van der Waals surface area contributed by atoms with Crippen LogP contribution in [0.3, 0.4) is 0 Å². The number of aryl methyl sites for hydroxylation is 1. The van der Waals surface area contributed by atoms with Crippen LogP contribution in [-0.4, -0.2) is 12.1 Å². The van der Waals surface area contributed by atoms with E-state index in [0.29, 0.717) is 16.7 Å². The van der Waals surface area contributed by atoms with Gasteiger partial charge in [0.05, 0.1) is 18.2 Å². The fourth-order valence-corrected chi connectivity index (χ4v) is 3.62. The van der Waals surface area contributed by atoms with Crippen molar-refractivity contribution >= 4 is 10.9 Å². The first-order valence-electron chi connectivity index (χ1n) is 9.09. The molecular formula is C24H18F3NO. The number of methoxy groups -OCH3 is 1. The predicted molar refractivity (Wildman–Crippen MR) is 109 cm³/mol. The van der Waals surface area contributed by atoms with Crippen molar-refractivity contribution < 1.29 is 17.9 Å². The van der Waals surface area contributed by atoms with Crippen molar-refractivity contribution in [1.82, 2.24) is 4.98 Å². The lowest BCUT2D eigenvalue weighted by Crippen LogP contribution is -2.07. The number of benzene rings is 3. The highest BCUT2D eigenvalue weighted by Crippen LogP contribution is 2.42. The molecule has 0 bridgehead atoms. The summed E-state index contributed by atoms with van der Waals surface area (Å²) >= 11 is 0. The van der Waals surface area contributed by atoms with Crippen molar-refractivity contribution in [1.29, 1.82) is 0 Å². The highest BCUT2D eigenvalue weighted by atomic mass is 19.4. The van der Waals surface area contributed by atoms with Crippen LogP contribution in [0.5, 0.6) is 5.75 Å². The lowest BCUT2D eigenvalue weighted by Gasteiger charge is -2.17. The van der Waals surface area contributed by atoms with Gasteiger partial charge in [-0.3, -0.25) is 4.98 Å². The van der Waals surface area contributed by atoms with Gasteiger partial charge in [0.2, 0.25) is 0 Å². The number of hydrogen-bond acceptors (Lipinski definition) is 2. The summed E-state index contributed by atoms with van der Waals surface area (Å²) in [6, 6.07) is 19.3.